The minimum Gasteiger partial charge on any atom is -0.355 e. The van der Waals surface area contributed by atoms with E-state index in [2.05, 4.69) is 50.5 Å². The van der Waals surface area contributed by atoms with Crippen LogP contribution >= 0.6 is 0 Å². The summed E-state index contributed by atoms with van der Waals surface area (Å²) < 4.78 is 2.11. The van der Waals surface area contributed by atoms with Crippen LogP contribution in [0.4, 0.5) is 0 Å². The van der Waals surface area contributed by atoms with Crippen molar-refractivity contribution in [2.45, 2.75) is 6.42 Å². The average Bonchev–Trinajstić information content (AvgIpc) is 3.18. The number of rotatable bonds is 3. The zero-order valence-electron chi connectivity index (χ0n) is 13.6. The van der Waals surface area contributed by atoms with Crippen LogP contribution in [-0.4, -0.2) is 27.7 Å². The Labute approximate surface area is 139 Å². The summed E-state index contributed by atoms with van der Waals surface area (Å²) in [5, 5.41) is 12.3. The van der Waals surface area contributed by atoms with Crippen LogP contribution in [-0.2, 0) is 13.5 Å². The zero-order chi connectivity index (χ0) is 16.7. The number of H-pyrrole nitrogens is 1. The summed E-state index contributed by atoms with van der Waals surface area (Å²) in [6, 6.07) is 14.2. The van der Waals surface area contributed by atoms with Crippen molar-refractivity contribution in [3.8, 4) is 0 Å². The van der Waals surface area contributed by atoms with Crippen molar-refractivity contribution < 1.29 is 4.79 Å². The van der Waals surface area contributed by atoms with Gasteiger partial charge < -0.3 is 9.88 Å². The Morgan fingerprint density at radius 3 is 2.92 bits per heavy atom. The number of hydrogen-bond donors (Lipinski definition) is 2. The second kappa shape index (κ2) is 5.53. The van der Waals surface area contributed by atoms with E-state index in [4.69, 9.17) is 0 Å². The maximum absolute atomic E-state index is 11.9. The number of benzene rings is 2. The lowest BCUT2D eigenvalue weighted by molar-refractivity contribution is 0.0963. The predicted molar refractivity (Wildman–Crippen MR) is 95.2 cm³/mol. The molecule has 2 aromatic heterocycles. The monoisotopic (exact) mass is 318 g/mol. The molecule has 0 saturated heterocycles. The molecule has 0 unspecified atom stereocenters. The van der Waals surface area contributed by atoms with Gasteiger partial charge >= 0.3 is 0 Å². The minimum atomic E-state index is -0.0882. The van der Waals surface area contributed by atoms with E-state index in [1.165, 1.54) is 16.5 Å². The van der Waals surface area contributed by atoms with Gasteiger partial charge in [0.1, 0.15) is 0 Å². The van der Waals surface area contributed by atoms with E-state index >= 15 is 0 Å². The molecule has 4 rings (SSSR count). The Bertz CT molecular complexity index is 1060. The number of aryl methyl sites for hydroxylation is 1. The summed E-state index contributed by atoms with van der Waals surface area (Å²) in [6.07, 6.45) is 2.81. The Morgan fingerprint density at radius 2 is 2.08 bits per heavy atom. The molecule has 0 fully saturated rings. The maximum atomic E-state index is 11.9. The van der Waals surface area contributed by atoms with Crippen LogP contribution in [0.1, 0.15) is 21.6 Å². The van der Waals surface area contributed by atoms with E-state index in [0.29, 0.717) is 5.56 Å². The molecule has 4 aromatic rings. The molecule has 0 atom stereocenters. The van der Waals surface area contributed by atoms with Crippen molar-refractivity contribution in [1.29, 1.82) is 0 Å². The standard InChI is InChI=1S/C19H18N4O/c1-20-19(24)14-4-5-16-15(11-14)17(22-21-16)10-12-3-6-18-13(9-12)7-8-23(18)2/h3-9,11H,10H2,1-2H3,(H,20,24)(H,21,22). The highest BCUT2D eigenvalue weighted by Gasteiger charge is 2.11. The lowest BCUT2D eigenvalue weighted by Crippen LogP contribution is -2.17. The van der Waals surface area contributed by atoms with Crippen molar-refractivity contribution in [3.05, 3.63) is 65.5 Å². The average molecular weight is 318 g/mol. The molecule has 24 heavy (non-hydrogen) atoms. The van der Waals surface area contributed by atoms with Gasteiger partial charge in [0.2, 0.25) is 0 Å². The topological polar surface area (TPSA) is 62.7 Å². The maximum Gasteiger partial charge on any atom is 0.251 e. The first-order valence-corrected chi connectivity index (χ1v) is 7.89. The number of nitrogens with zero attached hydrogens (tertiary/aromatic N) is 2. The van der Waals surface area contributed by atoms with Gasteiger partial charge in [-0.05, 0) is 47.3 Å². The molecule has 2 aromatic carbocycles. The number of nitrogens with one attached hydrogen (secondary N) is 2. The van der Waals surface area contributed by atoms with Gasteiger partial charge in [-0.2, -0.15) is 5.10 Å². The van der Waals surface area contributed by atoms with E-state index in [9.17, 15) is 4.79 Å². The van der Waals surface area contributed by atoms with Crippen LogP contribution in [0.3, 0.4) is 0 Å². The lowest BCUT2D eigenvalue weighted by atomic mass is 10.0. The quantitative estimate of drug-likeness (QED) is 0.610. The second-order valence-corrected chi connectivity index (χ2v) is 6.01. The van der Waals surface area contributed by atoms with E-state index < -0.39 is 0 Å². The van der Waals surface area contributed by atoms with Crippen LogP contribution in [0.25, 0.3) is 21.8 Å². The number of fused-ring (bicyclic) bond motifs is 2. The van der Waals surface area contributed by atoms with Crippen molar-refractivity contribution in [2.24, 2.45) is 7.05 Å². The van der Waals surface area contributed by atoms with Crippen molar-refractivity contribution in [1.82, 2.24) is 20.1 Å². The molecule has 0 spiro atoms. The number of aromatic nitrogens is 3. The third-order valence-electron chi connectivity index (χ3n) is 4.45. The highest BCUT2D eigenvalue weighted by molar-refractivity contribution is 5.98. The number of hydrogen-bond acceptors (Lipinski definition) is 2. The number of amides is 1. The lowest BCUT2D eigenvalue weighted by Gasteiger charge is -2.03. The molecule has 0 saturated carbocycles. The molecule has 1 amide bonds. The van der Waals surface area contributed by atoms with E-state index in [-0.39, 0.29) is 5.91 Å². The summed E-state index contributed by atoms with van der Waals surface area (Å²) in [7, 11) is 3.68. The summed E-state index contributed by atoms with van der Waals surface area (Å²) in [5.74, 6) is -0.0882. The van der Waals surface area contributed by atoms with E-state index in [1.54, 1.807) is 13.1 Å². The fraction of sp³-hybridized carbons (Fsp3) is 0.158. The van der Waals surface area contributed by atoms with Crippen LogP contribution in [0.15, 0.2) is 48.7 Å². The fourth-order valence-electron chi connectivity index (χ4n) is 3.13. The van der Waals surface area contributed by atoms with Gasteiger partial charge in [-0.15, -0.1) is 0 Å². The smallest absolute Gasteiger partial charge is 0.251 e. The van der Waals surface area contributed by atoms with E-state index in [0.717, 1.165) is 23.0 Å². The molecule has 0 radical (unpaired) electrons. The second-order valence-electron chi connectivity index (χ2n) is 6.01. The summed E-state index contributed by atoms with van der Waals surface area (Å²) in [4.78, 5) is 11.9. The first-order chi connectivity index (χ1) is 11.7. The van der Waals surface area contributed by atoms with Gasteiger partial charge in [0.25, 0.3) is 5.91 Å². The molecule has 0 aliphatic heterocycles. The van der Waals surface area contributed by atoms with Crippen molar-refractivity contribution in [2.75, 3.05) is 7.05 Å². The first kappa shape index (κ1) is 14.5. The summed E-state index contributed by atoms with van der Waals surface area (Å²) in [5.41, 5.74) is 4.97. The molecule has 5 nitrogen and oxygen atoms in total. The molecule has 0 aliphatic rings. The number of carbonyl (C=O) groups is 1. The van der Waals surface area contributed by atoms with Gasteiger partial charge in [0.05, 0.1) is 5.52 Å². The molecule has 0 aliphatic carbocycles. The van der Waals surface area contributed by atoms with Crippen molar-refractivity contribution in [3.63, 3.8) is 0 Å². The molecule has 5 heteroatoms. The van der Waals surface area contributed by atoms with Gasteiger partial charge in [-0.3, -0.25) is 9.89 Å². The predicted octanol–water partition coefficient (Wildman–Crippen LogP) is 3.01. The molecule has 2 heterocycles. The molecule has 0 bridgehead atoms. The largest absolute Gasteiger partial charge is 0.355 e. The number of carbonyl (C=O) groups excluding carboxylic acids is 1. The Morgan fingerprint density at radius 1 is 1.21 bits per heavy atom. The van der Waals surface area contributed by atoms with Crippen LogP contribution < -0.4 is 5.32 Å². The van der Waals surface area contributed by atoms with Gasteiger partial charge in [0, 0.05) is 48.9 Å². The molecular weight excluding hydrogens is 300 g/mol. The van der Waals surface area contributed by atoms with Crippen LogP contribution in [0, 0.1) is 0 Å². The van der Waals surface area contributed by atoms with Crippen LogP contribution in [0.5, 0.6) is 0 Å². The minimum absolute atomic E-state index is 0.0882. The van der Waals surface area contributed by atoms with Gasteiger partial charge in [-0.25, -0.2) is 0 Å². The highest BCUT2D eigenvalue weighted by Crippen LogP contribution is 2.23. The number of aromatic amines is 1. The molecule has 120 valence electrons. The van der Waals surface area contributed by atoms with Gasteiger partial charge in [-0.1, -0.05) is 6.07 Å². The van der Waals surface area contributed by atoms with Crippen LogP contribution in [0.2, 0.25) is 0 Å². The normalized spacial score (nSPS) is 11.2. The van der Waals surface area contributed by atoms with Gasteiger partial charge in [0.15, 0.2) is 0 Å². The third-order valence-corrected chi connectivity index (χ3v) is 4.45. The highest BCUT2D eigenvalue weighted by atomic mass is 16.1. The third kappa shape index (κ3) is 2.34. The summed E-state index contributed by atoms with van der Waals surface area (Å²) in [6.45, 7) is 0. The van der Waals surface area contributed by atoms with Crippen molar-refractivity contribution >= 4 is 27.7 Å². The summed E-state index contributed by atoms with van der Waals surface area (Å²) >= 11 is 0. The zero-order valence-corrected chi connectivity index (χ0v) is 13.6. The molecule has 2 N–H and O–H groups in total. The molecular formula is C19H18N4O. The van der Waals surface area contributed by atoms with E-state index in [1.807, 2.05) is 19.2 Å². The SMILES string of the molecule is CNC(=O)c1ccc2n[nH]c(Cc3ccc4c(ccn4C)c3)c2c1. The Hall–Kier alpha value is -3.08. The Balaban J connectivity index is 1.73. The Kier molecular flexibility index (Phi) is 3.34. The fourth-order valence-corrected chi connectivity index (χ4v) is 3.13. The first-order valence-electron chi connectivity index (χ1n) is 7.89.